The van der Waals surface area contributed by atoms with E-state index in [0.29, 0.717) is 24.4 Å². The van der Waals surface area contributed by atoms with Crippen LogP contribution in [0.4, 0.5) is 8.78 Å². The maximum Gasteiger partial charge on any atom is 0.387 e. The van der Waals surface area contributed by atoms with E-state index in [2.05, 4.69) is 28.5 Å². The van der Waals surface area contributed by atoms with Gasteiger partial charge in [0.15, 0.2) is 0 Å². The molecule has 6 heteroatoms. The van der Waals surface area contributed by atoms with Gasteiger partial charge in [-0.15, -0.1) is 0 Å². The molecule has 1 aliphatic rings. The maximum absolute atomic E-state index is 12.6. The molecule has 1 fully saturated rings. The molecule has 130 valence electrons. The minimum Gasteiger partial charge on any atom is -0.497 e. The number of piperidine rings is 1. The Hall–Kier alpha value is -1.40. The van der Waals surface area contributed by atoms with E-state index in [4.69, 9.17) is 4.74 Å². The summed E-state index contributed by atoms with van der Waals surface area (Å²) in [6.45, 7) is 1.00. The molecule has 1 aromatic rings. The van der Waals surface area contributed by atoms with Crippen molar-refractivity contribution in [2.24, 2.45) is 0 Å². The van der Waals surface area contributed by atoms with Crippen LogP contribution in [0.1, 0.15) is 25.3 Å². The van der Waals surface area contributed by atoms with Gasteiger partial charge in [0.25, 0.3) is 0 Å². The van der Waals surface area contributed by atoms with Gasteiger partial charge in [0.05, 0.1) is 7.11 Å². The normalized spacial score (nSPS) is 22.6. The number of hydrogen-bond donors (Lipinski definition) is 0. The molecule has 0 spiro atoms. The molecule has 1 aliphatic heterocycles. The van der Waals surface area contributed by atoms with Crippen LogP contribution in [0.5, 0.6) is 11.5 Å². The van der Waals surface area contributed by atoms with E-state index in [1.54, 1.807) is 25.3 Å². The van der Waals surface area contributed by atoms with E-state index in [9.17, 15) is 8.78 Å². The molecule has 0 radical (unpaired) electrons. The van der Waals surface area contributed by atoms with Crippen LogP contribution in [-0.2, 0) is 6.54 Å². The van der Waals surface area contributed by atoms with Crippen LogP contribution in [0, 0.1) is 0 Å². The molecule has 0 saturated carbocycles. The van der Waals surface area contributed by atoms with Crippen molar-refractivity contribution < 1.29 is 18.3 Å². The topological polar surface area (TPSA) is 24.9 Å². The lowest BCUT2D eigenvalue weighted by Crippen LogP contribution is -2.46. The summed E-state index contributed by atoms with van der Waals surface area (Å²) in [5.74, 6) is 0.861. The van der Waals surface area contributed by atoms with Crippen molar-refractivity contribution in [3.8, 4) is 11.5 Å². The van der Waals surface area contributed by atoms with Gasteiger partial charge in [0.1, 0.15) is 11.5 Å². The van der Waals surface area contributed by atoms with Crippen LogP contribution >= 0.6 is 0 Å². The van der Waals surface area contributed by atoms with Gasteiger partial charge in [-0.3, -0.25) is 4.90 Å². The van der Waals surface area contributed by atoms with E-state index >= 15 is 0 Å². The lowest BCUT2D eigenvalue weighted by atomic mass is 9.97. The van der Waals surface area contributed by atoms with Crippen molar-refractivity contribution in [2.75, 3.05) is 27.7 Å². The van der Waals surface area contributed by atoms with Crippen LogP contribution in [0.2, 0.25) is 0 Å². The Labute approximate surface area is 137 Å². The highest BCUT2D eigenvalue weighted by atomic mass is 19.3. The van der Waals surface area contributed by atoms with Gasteiger partial charge in [-0.05, 0) is 58.6 Å². The third-order valence-electron chi connectivity index (χ3n) is 4.71. The number of nitrogens with zero attached hydrogens (tertiary/aromatic N) is 2. The number of ether oxygens (including phenoxy) is 2. The Morgan fingerprint density at radius 3 is 2.74 bits per heavy atom. The van der Waals surface area contributed by atoms with Crippen LogP contribution in [0.15, 0.2) is 18.2 Å². The molecular weight excluding hydrogens is 302 g/mol. The van der Waals surface area contributed by atoms with Gasteiger partial charge in [-0.25, -0.2) is 0 Å². The van der Waals surface area contributed by atoms with Gasteiger partial charge in [-0.2, -0.15) is 8.78 Å². The molecule has 2 rings (SSSR count). The summed E-state index contributed by atoms with van der Waals surface area (Å²) < 4.78 is 35.0. The summed E-state index contributed by atoms with van der Waals surface area (Å²) in [6, 6.07) is 5.92. The first kappa shape index (κ1) is 17.9. The summed E-state index contributed by atoms with van der Waals surface area (Å²) in [6.07, 6.45) is 2.15. The summed E-state index contributed by atoms with van der Waals surface area (Å²) in [5.41, 5.74) is 0.721. The number of likely N-dealkylation sites (tertiary alicyclic amines) is 1. The number of halogens is 2. The lowest BCUT2D eigenvalue weighted by Gasteiger charge is -2.39. The van der Waals surface area contributed by atoms with Crippen molar-refractivity contribution in [1.82, 2.24) is 9.80 Å². The average Bonchev–Trinajstić information content (AvgIpc) is 2.51. The first-order valence-electron chi connectivity index (χ1n) is 7.93. The van der Waals surface area contributed by atoms with E-state index in [-0.39, 0.29) is 5.75 Å². The summed E-state index contributed by atoms with van der Waals surface area (Å²) in [7, 11) is 5.74. The van der Waals surface area contributed by atoms with Crippen molar-refractivity contribution in [1.29, 1.82) is 0 Å². The molecular formula is C17H26F2N2O2. The molecule has 1 saturated heterocycles. The van der Waals surface area contributed by atoms with E-state index in [1.165, 1.54) is 0 Å². The van der Waals surface area contributed by atoms with Gasteiger partial charge >= 0.3 is 6.61 Å². The molecule has 0 bridgehead atoms. The fourth-order valence-corrected chi connectivity index (χ4v) is 3.08. The number of hydrogen-bond acceptors (Lipinski definition) is 4. The van der Waals surface area contributed by atoms with Crippen LogP contribution in [0.25, 0.3) is 0 Å². The van der Waals surface area contributed by atoms with Crippen molar-refractivity contribution in [3.05, 3.63) is 23.8 Å². The van der Waals surface area contributed by atoms with Gasteiger partial charge < -0.3 is 14.4 Å². The maximum atomic E-state index is 12.6. The van der Waals surface area contributed by atoms with Crippen LogP contribution in [0.3, 0.4) is 0 Å². The fraction of sp³-hybridized carbons (Fsp3) is 0.647. The Kier molecular flexibility index (Phi) is 6.18. The second-order valence-electron chi connectivity index (χ2n) is 6.28. The number of methoxy groups -OCH3 is 1. The van der Waals surface area contributed by atoms with Crippen LogP contribution in [-0.4, -0.2) is 56.2 Å². The zero-order valence-electron chi connectivity index (χ0n) is 14.3. The number of benzene rings is 1. The first-order valence-corrected chi connectivity index (χ1v) is 7.93. The fourth-order valence-electron chi connectivity index (χ4n) is 3.08. The lowest BCUT2D eigenvalue weighted by molar-refractivity contribution is -0.0509. The van der Waals surface area contributed by atoms with E-state index in [1.807, 2.05) is 7.05 Å². The Bertz CT molecular complexity index is 513. The molecule has 23 heavy (non-hydrogen) atoms. The quantitative estimate of drug-likeness (QED) is 0.800. The molecule has 0 aromatic heterocycles. The van der Waals surface area contributed by atoms with Crippen molar-refractivity contribution >= 4 is 0 Å². The number of alkyl halides is 2. The van der Waals surface area contributed by atoms with Crippen molar-refractivity contribution in [2.45, 2.75) is 45.0 Å². The molecule has 0 amide bonds. The minimum absolute atomic E-state index is 0.216. The predicted molar refractivity (Wildman–Crippen MR) is 86.2 cm³/mol. The molecule has 4 nitrogen and oxygen atoms in total. The van der Waals surface area contributed by atoms with Gasteiger partial charge in [-0.1, -0.05) is 0 Å². The highest BCUT2D eigenvalue weighted by Crippen LogP contribution is 2.28. The minimum atomic E-state index is -2.82. The Morgan fingerprint density at radius 2 is 2.13 bits per heavy atom. The van der Waals surface area contributed by atoms with E-state index < -0.39 is 6.61 Å². The second-order valence-corrected chi connectivity index (χ2v) is 6.28. The van der Waals surface area contributed by atoms with Gasteiger partial charge in [0.2, 0.25) is 0 Å². The molecule has 2 unspecified atom stereocenters. The standard InChI is InChI=1S/C17H26F2N2O2/c1-12-9-14(7-8-20(12)2)21(3)11-13-10-15(22-4)5-6-16(13)23-17(18)19/h5-6,10,12,14,17H,7-9,11H2,1-4H3. The van der Waals surface area contributed by atoms with E-state index in [0.717, 1.165) is 24.9 Å². The molecule has 1 aromatic carbocycles. The highest BCUT2D eigenvalue weighted by Gasteiger charge is 2.26. The SMILES string of the molecule is COc1ccc(OC(F)F)c(CN(C)C2CCN(C)C(C)C2)c1. The monoisotopic (exact) mass is 328 g/mol. The zero-order chi connectivity index (χ0) is 17.0. The highest BCUT2D eigenvalue weighted by molar-refractivity contribution is 5.40. The van der Waals surface area contributed by atoms with Gasteiger partial charge in [0, 0.05) is 24.2 Å². The molecule has 1 heterocycles. The summed E-state index contributed by atoms with van der Waals surface area (Å²) in [4.78, 5) is 4.57. The Morgan fingerprint density at radius 1 is 1.39 bits per heavy atom. The zero-order valence-corrected chi connectivity index (χ0v) is 14.3. The summed E-state index contributed by atoms with van der Waals surface area (Å²) >= 11 is 0. The third-order valence-corrected chi connectivity index (χ3v) is 4.71. The van der Waals surface area contributed by atoms with Crippen molar-refractivity contribution in [3.63, 3.8) is 0 Å². The molecule has 2 atom stereocenters. The predicted octanol–water partition coefficient (Wildman–Crippen LogP) is 3.21. The number of rotatable bonds is 6. The smallest absolute Gasteiger partial charge is 0.387 e. The average molecular weight is 328 g/mol. The Balaban J connectivity index is 2.10. The largest absolute Gasteiger partial charge is 0.497 e. The van der Waals surface area contributed by atoms with Crippen LogP contribution < -0.4 is 9.47 Å². The first-order chi connectivity index (χ1) is 10.9. The summed E-state index contributed by atoms with van der Waals surface area (Å²) in [5, 5.41) is 0. The third kappa shape index (κ3) is 4.78. The molecule has 0 aliphatic carbocycles. The second kappa shape index (κ2) is 7.93. The molecule has 0 N–H and O–H groups in total.